The van der Waals surface area contributed by atoms with Crippen LogP contribution in [0.25, 0.3) is 11.1 Å². The van der Waals surface area contributed by atoms with E-state index >= 15 is 0 Å². The highest BCUT2D eigenvalue weighted by Gasteiger charge is 2.29. The maximum absolute atomic E-state index is 13.7. The van der Waals surface area contributed by atoms with Gasteiger partial charge in [-0.1, -0.05) is 35.9 Å². The van der Waals surface area contributed by atoms with Crippen LogP contribution in [0.2, 0.25) is 5.02 Å². The monoisotopic (exact) mass is 600 g/mol. The number of thiophene rings is 1. The first kappa shape index (κ1) is 27.6. The van der Waals surface area contributed by atoms with Crippen LogP contribution < -0.4 is 10.6 Å². The SMILES string of the molecule is Cc1ccc(Cl)cc1N=C1NC(=O)/C(=C/c2cc(C)n(-c3sc4c(c3C(=O)Nc3ccccc3)CCCC4)c2C)S1. The van der Waals surface area contributed by atoms with Gasteiger partial charge in [0, 0.05) is 27.0 Å². The van der Waals surface area contributed by atoms with E-state index in [0.29, 0.717) is 15.1 Å². The van der Waals surface area contributed by atoms with E-state index in [4.69, 9.17) is 11.6 Å². The molecule has 41 heavy (non-hydrogen) atoms. The number of rotatable bonds is 5. The molecule has 0 atom stereocenters. The van der Waals surface area contributed by atoms with Crippen molar-refractivity contribution >= 4 is 69.1 Å². The molecular formula is C32H29ClN4O2S2. The first-order valence-corrected chi connectivity index (χ1v) is 15.6. The van der Waals surface area contributed by atoms with Crippen LogP contribution in [-0.4, -0.2) is 21.5 Å². The second-order valence-corrected chi connectivity index (χ2v) is 12.8. The molecule has 0 unspecified atom stereocenters. The van der Waals surface area contributed by atoms with Gasteiger partial charge in [0.25, 0.3) is 11.8 Å². The van der Waals surface area contributed by atoms with E-state index in [2.05, 4.69) is 26.3 Å². The number of aryl methyl sites for hydroxylation is 3. The molecule has 0 spiro atoms. The van der Waals surface area contributed by atoms with Crippen molar-refractivity contribution in [2.45, 2.75) is 46.5 Å². The molecule has 6 rings (SSSR count). The molecule has 9 heteroatoms. The molecule has 0 bridgehead atoms. The third-order valence-corrected chi connectivity index (χ3v) is 9.84. The molecule has 208 valence electrons. The predicted molar refractivity (Wildman–Crippen MR) is 171 cm³/mol. The number of carbonyl (C=O) groups is 2. The van der Waals surface area contributed by atoms with E-state index in [-0.39, 0.29) is 11.8 Å². The van der Waals surface area contributed by atoms with E-state index in [1.165, 1.54) is 22.2 Å². The lowest BCUT2D eigenvalue weighted by atomic mass is 9.95. The minimum atomic E-state index is -0.187. The highest BCUT2D eigenvalue weighted by Crippen LogP contribution is 2.40. The van der Waals surface area contributed by atoms with Crippen molar-refractivity contribution in [3.8, 4) is 5.00 Å². The zero-order valence-corrected chi connectivity index (χ0v) is 25.4. The number of halogens is 1. The second kappa shape index (κ2) is 11.4. The topological polar surface area (TPSA) is 75.5 Å². The minimum absolute atomic E-state index is 0.0825. The van der Waals surface area contributed by atoms with Gasteiger partial charge in [0.1, 0.15) is 5.00 Å². The molecule has 2 aliphatic rings. The molecule has 0 saturated carbocycles. The van der Waals surface area contributed by atoms with Crippen LogP contribution in [0.15, 0.2) is 64.5 Å². The minimum Gasteiger partial charge on any atom is -0.322 e. The lowest BCUT2D eigenvalue weighted by Gasteiger charge is -2.14. The number of para-hydroxylation sites is 1. The van der Waals surface area contributed by atoms with Crippen molar-refractivity contribution < 1.29 is 9.59 Å². The Kier molecular flexibility index (Phi) is 7.64. The van der Waals surface area contributed by atoms with Crippen LogP contribution in [0.3, 0.4) is 0 Å². The number of hydrogen-bond acceptors (Lipinski definition) is 5. The summed E-state index contributed by atoms with van der Waals surface area (Å²) < 4.78 is 2.16. The van der Waals surface area contributed by atoms with E-state index in [1.54, 1.807) is 17.4 Å². The number of nitrogens with one attached hydrogen (secondary N) is 2. The molecule has 2 N–H and O–H groups in total. The summed E-state index contributed by atoms with van der Waals surface area (Å²) >= 11 is 9.18. The summed E-state index contributed by atoms with van der Waals surface area (Å²) in [4.78, 5) is 33.1. The Labute approximate surface area is 252 Å². The van der Waals surface area contributed by atoms with Crippen LogP contribution in [-0.2, 0) is 17.6 Å². The zero-order valence-electron chi connectivity index (χ0n) is 23.0. The fourth-order valence-electron chi connectivity index (χ4n) is 5.34. The van der Waals surface area contributed by atoms with Gasteiger partial charge in [-0.3, -0.25) is 9.59 Å². The Morgan fingerprint density at radius 2 is 1.85 bits per heavy atom. The average Bonchev–Trinajstić information content (AvgIpc) is 3.58. The van der Waals surface area contributed by atoms with Crippen molar-refractivity contribution in [1.29, 1.82) is 0 Å². The highest BCUT2D eigenvalue weighted by molar-refractivity contribution is 8.18. The third-order valence-electron chi connectivity index (χ3n) is 7.42. The molecule has 1 fully saturated rings. The van der Waals surface area contributed by atoms with E-state index in [1.807, 2.05) is 69.3 Å². The standard InChI is InChI=1S/C32H29ClN4O2S2/c1-18-13-14-22(33)17-25(18)35-32-36-29(38)27(41-32)16-21-15-19(2)37(20(21)3)31-28(24-11-7-8-12-26(24)40-31)30(39)34-23-9-5-4-6-10-23/h4-6,9-10,13-17H,7-8,11-12H2,1-3H3,(H,34,39)(H,35,36,38)/b27-16-. The predicted octanol–water partition coefficient (Wildman–Crippen LogP) is 8.14. The van der Waals surface area contributed by atoms with Gasteiger partial charge in [0.2, 0.25) is 0 Å². The van der Waals surface area contributed by atoms with Gasteiger partial charge in [-0.15, -0.1) is 11.3 Å². The second-order valence-electron chi connectivity index (χ2n) is 10.3. The molecular weight excluding hydrogens is 572 g/mol. The van der Waals surface area contributed by atoms with Gasteiger partial charge in [-0.25, -0.2) is 4.99 Å². The Hall–Kier alpha value is -3.59. The number of nitrogens with zero attached hydrogens (tertiary/aromatic N) is 2. The molecule has 1 saturated heterocycles. The van der Waals surface area contributed by atoms with Gasteiger partial charge >= 0.3 is 0 Å². The molecule has 4 aromatic rings. The Bertz CT molecular complexity index is 1750. The van der Waals surface area contributed by atoms with E-state index in [0.717, 1.165) is 70.1 Å². The summed E-state index contributed by atoms with van der Waals surface area (Å²) in [6, 6.07) is 17.2. The van der Waals surface area contributed by atoms with Gasteiger partial charge in [0.05, 0.1) is 16.2 Å². The number of fused-ring (bicyclic) bond motifs is 1. The quantitative estimate of drug-likeness (QED) is 0.227. The van der Waals surface area contributed by atoms with Crippen molar-refractivity contribution in [1.82, 2.24) is 9.88 Å². The smallest absolute Gasteiger partial charge is 0.264 e. The van der Waals surface area contributed by atoms with Crippen LogP contribution in [0.5, 0.6) is 0 Å². The number of hydrogen-bond donors (Lipinski definition) is 2. The summed E-state index contributed by atoms with van der Waals surface area (Å²) in [5, 5.41) is 8.04. The summed E-state index contributed by atoms with van der Waals surface area (Å²) in [5.41, 5.74) is 7.32. The Balaban J connectivity index is 1.36. The van der Waals surface area contributed by atoms with Crippen molar-refractivity contribution in [3.05, 3.63) is 103 Å². The van der Waals surface area contributed by atoms with Gasteiger partial charge in [0.15, 0.2) is 5.17 Å². The lowest BCUT2D eigenvalue weighted by molar-refractivity contribution is -0.115. The number of amidine groups is 1. The summed E-state index contributed by atoms with van der Waals surface area (Å²) in [7, 11) is 0. The van der Waals surface area contributed by atoms with Gasteiger partial charge in [-0.2, -0.15) is 0 Å². The molecule has 0 radical (unpaired) electrons. The van der Waals surface area contributed by atoms with E-state index < -0.39 is 0 Å². The summed E-state index contributed by atoms with van der Waals surface area (Å²) in [5.74, 6) is -0.270. The Morgan fingerprint density at radius 3 is 2.66 bits per heavy atom. The molecule has 3 heterocycles. The molecule has 2 aromatic carbocycles. The molecule has 1 aliphatic heterocycles. The largest absolute Gasteiger partial charge is 0.322 e. The van der Waals surface area contributed by atoms with Crippen LogP contribution >= 0.6 is 34.7 Å². The zero-order chi connectivity index (χ0) is 28.7. The summed E-state index contributed by atoms with van der Waals surface area (Å²) in [6.45, 7) is 6.04. The van der Waals surface area contributed by atoms with Crippen LogP contribution in [0.4, 0.5) is 11.4 Å². The maximum atomic E-state index is 13.7. The van der Waals surface area contributed by atoms with E-state index in [9.17, 15) is 9.59 Å². The number of anilines is 1. The fraction of sp³-hybridized carbons (Fsp3) is 0.219. The number of amides is 2. The number of benzene rings is 2. The number of carbonyl (C=O) groups excluding carboxylic acids is 2. The average molecular weight is 601 g/mol. The van der Waals surface area contributed by atoms with Crippen molar-refractivity contribution in [2.75, 3.05) is 5.32 Å². The molecule has 2 amide bonds. The number of aromatic nitrogens is 1. The van der Waals surface area contributed by atoms with Crippen LogP contribution in [0.1, 0.15) is 56.2 Å². The first-order chi connectivity index (χ1) is 19.8. The first-order valence-electron chi connectivity index (χ1n) is 13.5. The third kappa shape index (κ3) is 5.52. The summed E-state index contributed by atoms with van der Waals surface area (Å²) in [6.07, 6.45) is 6.03. The fourth-order valence-corrected chi connectivity index (χ4v) is 7.83. The molecule has 2 aromatic heterocycles. The van der Waals surface area contributed by atoms with Crippen molar-refractivity contribution in [3.63, 3.8) is 0 Å². The van der Waals surface area contributed by atoms with Gasteiger partial charge in [-0.05, 0) is 111 Å². The Morgan fingerprint density at radius 1 is 1.07 bits per heavy atom. The lowest BCUT2D eigenvalue weighted by Crippen LogP contribution is -2.19. The molecule has 1 aliphatic carbocycles. The van der Waals surface area contributed by atoms with Gasteiger partial charge < -0.3 is 15.2 Å². The number of thioether (sulfide) groups is 1. The number of aliphatic imine (C=N–C) groups is 1. The maximum Gasteiger partial charge on any atom is 0.264 e. The van der Waals surface area contributed by atoms with Crippen molar-refractivity contribution in [2.24, 2.45) is 4.99 Å². The normalized spacial score (nSPS) is 16.7. The highest BCUT2D eigenvalue weighted by atomic mass is 35.5. The molecule has 6 nitrogen and oxygen atoms in total. The van der Waals surface area contributed by atoms with Crippen LogP contribution in [0, 0.1) is 20.8 Å².